The van der Waals surface area contributed by atoms with Crippen molar-refractivity contribution in [2.75, 3.05) is 27.2 Å². The third-order valence-electron chi connectivity index (χ3n) is 2.21. The first-order valence-electron chi connectivity index (χ1n) is 3.60. The Kier molecular flexibility index (Phi) is 1.78. The average molecular weight is 130 g/mol. The first kappa shape index (κ1) is 7.03. The Bertz CT molecular complexity index is 97.1. The fraction of sp³-hybridized carbons (Fsp3) is 1.00. The maximum atomic E-state index is 8.66. The monoisotopic (exact) mass is 130 g/mol. The number of likely N-dealkylation sites (N-methyl/N-ethyl adjacent to an activating group) is 1. The van der Waals surface area contributed by atoms with Crippen LogP contribution in [-0.2, 0) is 0 Å². The van der Waals surface area contributed by atoms with Gasteiger partial charge in [0.15, 0.2) is 0 Å². The van der Waals surface area contributed by atoms with E-state index in [4.69, 9.17) is 5.11 Å². The van der Waals surface area contributed by atoms with Crippen molar-refractivity contribution in [2.24, 2.45) is 0 Å². The largest absolute Gasteiger partial charge is 0.391 e. The second-order valence-electron chi connectivity index (χ2n) is 3.46. The van der Waals surface area contributed by atoms with Gasteiger partial charge < -0.3 is 9.59 Å². The van der Waals surface area contributed by atoms with Gasteiger partial charge in [-0.15, -0.1) is 0 Å². The standard InChI is InChI=1S/C7H16NO/c1-8(2,5-6-9)7-3-4-7/h7,9H,3-6H2,1-2H3/q+1. The minimum atomic E-state index is 0.323. The Hall–Kier alpha value is -0.0800. The van der Waals surface area contributed by atoms with Crippen molar-refractivity contribution in [3.63, 3.8) is 0 Å². The molecule has 1 aliphatic carbocycles. The number of aliphatic hydroxyl groups is 1. The molecule has 0 spiro atoms. The highest BCUT2D eigenvalue weighted by Gasteiger charge is 2.37. The molecule has 0 aromatic rings. The lowest BCUT2D eigenvalue weighted by Gasteiger charge is -2.28. The van der Waals surface area contributed by atoms with Crippen LogP contribution < -0.4 is 0 Å². The molecule has 2 nitrogen and oxygen atoms in total. The SMILES string of the molecule is C[N+](C)(CCO)C1CC1. The van der Waals surface area contributed by atoms with E-state index in [-0.39, 0.29) is 0 Å². The summed E-state index contributed by atoms with van der Waals surface area (Å²) in [5, 5.41) is 8.66. The molecule has 0 saturated heterocycles. The topological polar surface area (TPSA) is 20.2 Å². The molecule has 0 unspecified atom stereocenters. The first-order chi connectivity index (χ1) is 4.17. The molecule has 0 heterocycles. The average Bonchev–Trinajstić information content (AvgIpc) is 2.41. The summed E-state index contributed by atoms with van der Waals surface area (Å²) < 4.78 is 1.01. The van der Waals surface area contributed by atoms with Crippen molar-refractivity contribution in [3.05, 3.63) is 0 Å². The van der Waals surface area contributed by atoms with Gasteiger partial charge >= 0.3 is 0 Å². The number of nitrogens with zero attached hydrogens (tertiary/aromatic N) is 1. The van der Waals surface area contributed by atoms with E-state index in [1.165, 1.54) is 12.8 Å². The van der Waals surface area contributed by atoms with Gasteiger partial charge in [0, 0.05) is 12.8 Å². The van der Waals surface area contributed by atoms with E-state index in [0.717, 1.165) is 17.1 Å². The minimum Gasteiger partial charge on any atom is -0.391 e. The quantitative estimate of drug-likeness (QED) is 0.542. The molecule has 9 heavy (non-hydrogen) atoms. The highest BCUT2D eigenvalue weighted by molar-refractivity contribution is 4.73. The molecule has 1 N–H and O–H groups in total. The molecule has 0 bridgehead atoms. The van der Waals surface area contributed by atoms with Crippen LogP contribution in [-0.4, -0.2) is 42.9 Å². The zero-order chi connectivity index (χ0) is 6.91. The van der Waals surface area contributed by atoms with Crippen molar-refractivity contribution in [1.29, 1.82) is 0 Å². The Labute approximate surface area is 56.7 Å². The van der Waals surface area contributed by atoms with E-state index in [1.807, 2.05) is 0 Å². The van der Waals surface area contributed by atoms with Gasteiger partial charge in [0.2, 0.25) is 0 Å². The van der Waals surface area contributed by atoms with Gasteiger partial charge in [0.25, 0.3) is 0 Å². The van der Waals surface area contributed by atoms with Crippen molar-refractivity contribution in [2.45, 2.75) is 18.9 Å². The third kappa shape index (κ3) is 1.66. The molecule has 0 aliphatic heterocycles. The fourth-order valence-corrected chi connectivity index (χ4v) is 1.21. The maximum absolute atomic E-state index is 8.66. The molecular formula is C7H16NO+. The summed E-state index contributed by atoms with van der Waals surface area (Å²) in [5.74, 6) is 0. The van der Waals surface area contributed by atoms with Gasteiger partial charge in [-0.3, -0.25) is 0 Å². The minimum absolute atomic E-state index is 0.323. The Morgan fingerprint density at radius 3 is 2.33 bits per heavy atom. The van der Waals surface area contributed by atoms with Gasteiger partial charge in [-0.25, -0.2) is 0 Å². The summed E-state index contributed by atoms with van der Waals surface area (Å²) in [6, 6.07) is 0.845. The number of hydrogen-bond acceptors (Lipinski definition) is 1. The van der Waals surface area contributed by atoms with Crippen LogP contribution in [0.1, 0.15) is 12.8 Å². The van der Waals surface area contributed by atoms with E-state index in [2.05, 4.69) is 14.1 Å². The third-order valence-corrected chi connectivity index (χ3v) is 2.21. The first-order valence-corrected chi connectivity index (χ1v) is 3.60. The van der Waals surface area contributed by atoms with Crippen LogP contribution in [0.15, 0.2) is 0 Å². The van der Waals surface area contributed by atoms with Gasteiger partial charge in [0.05, 0.1) is 26.7 Å². The highest BCUT2D eigenvalue weighted by atomic mass is 16.3. The Morgan fingerprint density at radius 1 is 1.44 bits per heavy atom. The predicted molar refractivity (Wildman–Crippen MR) is 37.1 cm³/mol. The summed E-state index contributed by atoms with van der Waals surface area (Å²) in [4.78, 5) is 0. The normalized spacial score (nSPS) is 20.3. The molecule has 1 saturated carbocycles. The zero-order valence-corrected chi connectivity index (χ0v) is 6.30. The Morgan fingerprint density at radius 2 is 2.00 bits per heavy atom. The molecule has 1 rings (SSSR count). The number of aliphatic hydroxyl groups excluding tert-OH is 1. The second-order valence-corrected chi connectivity index (χ2v) is 3.46. The number of rotatable bonds is 3. The number of hydrogen-bond donors (Lipinski definition) is 1. The van der Waals surface area contributed by atoms with Gasteiger partial charge in [-0.05, 0) is 0 Å². The molecule has 0 aromatic heterocycles. The summed E-state index contributed by atoms with van der Waals surface area (Å²) in [7, 11) is 4.38. The van der Waals surface area contributed by atoms with E-state index >= 15 is 0 Å². The molecule has 0 aromatic carbocycles. The van der Waals surface area contributed by atoms with Crippen LogP contribution >= 0.6 is 0 Å². The van der Waals surface area contributed by atoms with Gasteiger partial charge in [-0.2, -0.15) is 0 Å². The molecule has 2 heteroatoms. The summed E-state index contributed by atoms with van der Waals surface area (Å²) >= 11 is 0. The van der Waals surface area contributed by atoms with Crippen molar-refractivity contribution in [3.8, 4) is 0 Å². The summed E-state index contributed by atoms with van der Waals surface area (Å²) in [6.07, 6.45) is 2.71. The molecular weight excluding hydrogens is 114 g/mol. The van der Waals surface area contributed by atoms with Gasteiger partial charge in [-0.1, -0.05) is 0 Å². The van der Waals surface area contributed by atoms with Crippen LogP contribution in [0, 0.1) is 0 Å². The van der Waals surface area contributed by atoms with Crippen LogP contribution in [0.25, 0.3) is 0 Å². The lowest BCUT2D eigenvalue weighted by molar-refractivity contribution is -0.901. The molecule has 0 radical (unpaired) electrons. The van der Waals surface area contributed by atoms with E-state index in [1.54, 1.807) is 0 Å². The smallest absolute Gasteiger partial charge is 0.102 e. The van der Waals surface area contributed by atoms with Crippen LogP contribution in [0.5, 0.6) is 0 Å². The molecule has 1 aliphatic rings. The van der Waals surface area contributed by atoms with Crippen LogP contribution in [0.3, 0.4) is 0 Å². The highest BCUT2D eigenvalue weighted by Crippen LogP contribution is 2.29. The van der Waals surface area contributed by atoms with Crippen molar-refractivity contribution in [1.82, 2.24) is 0 Å². The lowest BCUT2D eigenvalue weighted by atomic mass is 10.4. The second kappa shape index (κ2) is 2.27. The van der Waals surface area contributed by atoms with Gasteiger partial charge in [0.1, 0.15) is 6.54 Å². The molecule has 1 fully saturated rings. The number of quaternary nitrogens is 1. The fourth-order valence-electron chi connectivity index (χ4n) is 1.21. The summed E-state index contributed by atoms with van der Waals surface area (Å²) in [6.45, 7) is 1.23. The van der Waals surface area contributed by atoms with Crippen LogP contribution in [0.2, 0.25) is 0 Å². The van der Waals surface area contributed by atoms with E-state index in [0.29, 0.717) is 6.61 Å². The Balaban J connectivity index is 2.30. The lowest BCUT2D eigenvalue weighted by Crippen LogP contribution is -2.43. The van der Waals surface area contributed by atoms with Crippen molar-refractivity contribution >= 4 is 0 Å². The van der Waals surface area contributed by atoms with E-state index < -0.39 is 0 Å². The molecule has 54 valence electrons. The maximum Gasteiger partial charge on any atom is 0.102 e. The summed E-state index contributed by atoms with van der Waals surface area (Å²) in [5.41, 5.74) is 0. The van der Waals surface area contributed by atoms with E-state index in [9.17, 15) is 0 Å². The molecule has 0 atom stereocenters. The zero-order valence-electron chi connectivity index (χ0n) is 6.30. The molecule has 0 amide bonds. The predicted octanol–water partition coefficient (Wildman–Crippen LogP) is 0.218. The van der Waals surface area contributed by atoms with Crippen molar-refractivity contribution < 1.29 is 9.59 Å². The van der Waals surface area contributed by atoms with Crippen LogP contribution in [0.4, 0.5) is 0 Å².